The van der Waals surface area contributed by atoms with E-state index in [-0.39, 0.29) is 11.8 Å². The van der Waals surface area contributed by atoms with E-state index in [4.69, 9.17) is 0 Å². The van der Waals surface area contributed by atoms with Gasteiger partial charge in [0.15, 0.2) is 0 Å². The van der Waals surface area contributed by atoms with Crippen molar-refractivity contribution < 1.29 is 9.59 Å². The number of likely N-dealkylation sites (N-methyl/N-ethyl adjacent to an activating group) is 1. The molecule has 5 rings (SSSR count). The van der Waals surface area contributed by atoms with Crippen molar-refractivity contribution >= 4 is 34.2 Å². The molecule has 39 heavy (non-hydrogen) atoms. The molecule has 0 bridgehead atoms. The van der Waals surface area contributed by atoms with Crippen molar-refractivity contribution in [3.05, 3.63) is 115 Å². The second-order valence-electron chi connectivity index (χ2n) is 9.45. The molecule has 194 valence electrons. The minimum atomic E-state index is -0.170. The van der Waals surface area contributed by atoms with Gasteiger partial charge in [-0.05, 0) is 67.7 Å². The fourth-order valence-electron chi connectivity index (χ4n) is 4.26. The van der Waals surface area contributed by atoms with Gasteiger partial charge in [-0.25, -0.2) is 4.98 Å². The summed E-state index contributed by atoms with van der Waals surface area (Å²) in [6, 6.07) is 26.7. The number of benzene rings is 3. The smallest absolute Gasteiger partial charge is 0.255 e. The first-order chi connectivity index (χ1) is 19.0. The highest BCUT2D eigenvalue weighted by Gasteiger charge is 2.12. The summed E-state index contributed by atoms with van der Waals surface area (Å²) >= 11 is 0. The van der Waals surface area contributed by atoms with Crippen LogP contribution >= 0.6 is 0 Å². The Morgan fingerprint density at radius 2 is 1.62 bits per heavy atom. The third-order valence-corrected chi connectivity index (χ3v) is 6.22. The molecule has 5 aromatic rings. The first-order valence-electron chi connectivity index (χ1n) is 12.6. The summed E-state index contributed by atoms with van der Waals surface area (Å²) in [4.78, 5) is 34.8. The van der Waals surface area contributed by atoms with Gasteiger partial charge >= 0.3 is 0 Å². The Morgan fingerprint density at radius 3 is 2.38 bits per heavy atom. The van der Waals surface area contributed by atoms with Crippen molar-refractivity contribution in [2.45, 2.75) is 0 Å². The number of aromatic amines is 1. The number of nitrogens with one attached hydrogen (secondary N) is 3. The lowest BCUT2D eigenvalue weighted by Crippen LogP contribution is -2.12. The van der Waals surface area contributed by atoms with Gasteiger partial charge in [-0.3, -0.25) is 9.59 Å². The van der Waals surface area contributed by atoms with E-state index in [1.165, 1.54) is 0 Å². The zero-order valence-electron chi connectivity index (χ0n) is 21.8. The van der Waals surface area contributed by atoms with Gasteiger partial charge in [0.25, 0.3) is 5.91 Å². The van der Waals surface area contributed by atoms with Crippen LogP contribution in [-0.2, 0) is 4.79 Å². The first-order valence-corrected chi connectivity index (χ1v) is 12.6. The Labute approximate surface area is 227 Å². The Balaban J connectivity index is 1.35. The number of para-hydroxylation sites is 1. The van der Waals surface area contributed by atoms with Crippen LogP contribution in [0.15, 0.2) is 109 Å². The van der Waals surface area contributed by atoms with Crippen LogP contribution in [0.2, 0.25) is 0 Å². The molecular formula is C32H29N5O2. The predicted molar refractivity (Wildman–Crippen MR) is 158 cm³/mol. The summed E-state index contributed by atoms with van der Waals surface area (Å²) in [5, 5.41) is 6.80. The van der Waals surface area contributed by atoms with Crippen molar-refractivity contribution in [1.82, 2.24) is 14.9 Å². The van der Waals surface area contributed by atoms with E-state index in [2.05, 4.69) is 26.7 Å². The standard InChI is InChI=1S/C32H29N5O2/c1-37(2)17-7-12-30(38)35-27-11-6-8-24(18-27)25-19-28-29(21-34-31(28)33-20-25)22-13-15-23(16-14-22)32(39)36-26-9-4-3-5-10-26/h3-16,18-21H,17H2,1-2H3,(H,33,34)(H,35,38)(H,36,39). The van der Waals surface area contributed by atoms with Crippen molar-refractivity contribution in [2.75, 3.05) is 31.3 Å². The summed E-state index contributed by atoms with van der Waals surface area (Å²) in [6.45, 7) is 0.696. The number of fused-ring (bicyclic) bond motifs is 1. The largest absolute Gasteiger partial charge is 0.346 e. The van der Waals surface area contributed by atoms with Crippen molar-refractivity contribution in [3.8, 4) is 22.3 Å². The van der Waals surface area contributed by atoms with Crippen LogP contribution in [0.5, 0.6) is 0 Å². The van der Waals surface area contributed by atoms with E-state index in [0.29, 0.717) is 17.8 Å². The van der Waals surface area contributed by atoms with Crippen molar-refractivity contribution in [3.63, 3.8) is 0 Å². The molecule has 0 saturated heterocycles. The van der Waals surface area contributed by atoms with E-state index in [0.717, 1.165) is 39.0 Å². The Bertz CT molecular complexity index is 1640. The molecule has 7 heteroatoms. The molecule has 0 saturated carbocycles. The SMILES string of the molecule is CN(C)CC=CC(=O)Nc1cccc(-c2cnc3[nH]cc(-c4ccc(C(=O)Nc5ccccc5)cc4)c3c2)c1. The zero-order chi connectivity index (χ0) is 27.2. The van der Waals surface area contributed by atoms with Crippen LogP contribution in [0.4, 0.5) is 11.4 Å². The van der Waals surface area contributed by atoms with Crippen molar-refractivity contribution in [2.24, 2.45) is 0 Å². The molecule has 7 nitrogen and oxygen atoms in total. The minimum absolute atomic E-state index is 0.157. The van der Waals surface area contributed by atoms with Gasteiger partial charge < -0.3 is 20.5 Å². The van der Waals surface area contributed by atoms with Gasteiger partial charge in [0, 0.05) is 58.5 Å². The van der Waals surface area contributed by atoms with E-state index in [9.17, 15) is 9.59 Å². The molecule has 0 atom stereocenters. The number of pyridine rings is 1. The number of carbonyl (C=O) groups excluding carboxylic acids is 2. The summed E-state index contributed by atoms with van der Waals surface area (Å²) in [6.07, 6.45) is 7.12. The maximum absolute atomic E-state index is 12.6. The third-order valence-electron chi connectivity index (χ3n) is 6.22. The average molecular weight is 516 g/mol. The van der Waals surface area contributed by atoms with Crippen molar-refractivity contribution in [1.29, 1.82) is 0 Å². The maximum Gasteiger partial charge on any atom is 0.255 e. The molecule has 0 radical (unpaired) electrons. The topological polar surface area (TPSA) is 90.1 Å². The van der Waals surface area contributed by atoms with Gasteiger partial charge in [0.2, 0.25) is 5.91 Å². The number of anilines is 2. The number of hydrogen-bond acceptors (Lipinski definition) is 4. The number of carbonyl (C=O) groups is 2. The van der Waals surface area contributed by atoms with Crippen LogP contribution in [0.3, 0.4) is 0 Å². The highest BCUT2D eigenvalue weighted by atomic mass is 16.2. The maximum atomic E-state index is 12.6. The molecule has 3 aromatic carbocycles. The number of amides is 2. The van der Waals surface area contributed by atoms with Crippen LogP contribution in [-0.4, -0.2) is 47.3 Å². The number of hydrogen-bond donors (Lipinski definition) is 3. The molecule has 0 aliphatic carbocycles. The van der Waals surface area contributed by atoms with E-state index in [1.54, 1.807) is 6.08 Å². The summed E-state index contributed by atoms with van der Waals surface area (Å²) in [5.41, 5.74) is 6.66. The summed E-state index contributed by atoms with van der Waals surface area (Å²) in [7, 11) is 3.90. The molecule has 0 unspecified atom stereocenters. The zero-order valence-corrected chi connectivity index (χ0v) is 21.8. The van der Waals surface area contributed by atoms with Gasteiger partial charge in [-0.1, -0.05) is 48.5 Å². The number of aromatic nitrogens is 2. The van der Waals surface area contributed by atoms with Crippen LogP contribution in [0.1, 0.15) is 10.4 Å². The molecule has 0 spiro atoms. The van der Waals surface area contributed by atoms with E-state index >= 15 is 0 Å². The normalized spacial score (nSPS) is 11.3. The fraction of sp³-hybridized carbons (Fsp3) is 0.0938. The lowest BCUT2D eigenvalue weighted by molar-refractivity contribution is -0.111. The highest BCUT2D eigenvalue weighted by Crippen LogP contribution is 2.32. The molecule has 3 N–H and O–H groups in total. The number of nitrogens with zero attached hydrogens (tertiary/aromatic N) is 2. The van der Waals surface area contributed by atoms with E-state index < -0.39 is 0 Å². The highest BCUT2D eigenvalue weighted by molar-refractivity contribution is 6.05. The number of H-pyrrole nitrogens is 1. The second-order valence-corrected chi connectivity index (χ2v) is 9.45. The average Bonchev–Trinajstić information content (AvgIpc) is 3.37. The Kier molecular flexibility index (Phi) is 7.61. The molecule has 2 aromatic heterocycles. The minimum Gasteiger partial charge on any atom is -0.346 e. The molecule has 0 fully saturated rings. The predicted octanol–water partition coefficient (Wildman–Crippen LogP) is 6.21. The van der Waals surface area contributed by atoms with Crippen LogP contribution in [0.25, 0.3) is 33.3 Å². The summed E-state index contributed by atoms with van der Waals surface area (Å²) in [5.74, 6) is -0.327. The lowest BCUT2D eigenvalue weighted by Gasteiger charge is -2.08. The van der Waals surface area contributed by atoms with E-state index in [1.807, 2.05) is 116 Å². The molecule has 0 aliphatic heterocycles. The van der Waals surface area contributed by atoms with Gasteiger partial charge in [0.05, 0.1) is 0 Å². The van der Waals surface area contributed by atoms with Gasteiger partial charge in [-0.2, -0.15) is 0 Å². The van der Waals surface area contributed by atoms with Crippen LogP contribution in [0, 0.1) is 0 Å². The van der Waals surface area contributed by atoms with Crippen LogP contribution < -0.4 is 10.6 Å². The third kappa shape index (κ3) is 6.29. The van der Waals surface area contributed by atoms with Gasteiger partial charge in [0.1, 0.15) is 5.65 Å². The monoisotopic (exact) mass is 515 g/mol. The number of rotatable bonds is 8. The molecule has 2 amide bonds. The Morgan fingerprint density at radius 1 is 0.846 bits per heavy atom. The first kappa shape index (κ1) is 25.6. The quantitative estimate of drug-likeness (QED) is 0.215. The molecular weight excluding hydrogens is 486 g/mol. The Hall–Kier alpha value is -5.01. The molecule has 2 heterocycles. The lowest BCUT2D eigenvalue weighted by atomic mass is 10.0. The molecule has 0 aliphatic rings. The summed E-state index contributed by atoms with van der Waals surface area (Å²) < 4.78 is 0. The second kappa shape index (κ2) is 11.6. The van der Waals surface area contributed by atoms with Gasteiger partial charge in [-0.15, -0.1) is 0 Å². The fourth-order valence-corrected chi connectivity index (χ4v) is 4.26.